The van der Waals surface area contributed by atoms with Crippen LogP contribution in [0.25, 0.3) is 0 Å². The minimum atomic E-state index is -2.98. The van der Waals surface area contributed by atoms with Gasteiger partial charge in [0.2, 0.25) is 0 Å². The molecule has 2 heterocycles. The average molecular weight is 271 g/mol. The van der Waals surface area contributed by atoms with Gasteiger partial charge in [0.15, 0.2) is 9.84 Å². The van der Waals surface area contributed by atoms with Crippen molar-refractivity contribution in [2.24, 2.45) is 0 Å². The lowest BCUT2D eigenvalue weighted by molar-refractivity contribution is 0.0702. The fourth-order valence-corrected chi connectivity index (χ4v) is 3.99. The van der Waals surface area contributed by atoms with Gasteiger partial charge in [-0.15, -0.1) is 0 Å². The van der Waals surface area contributed by atoms with E-state index in [1.807, 2.05) is 13.8 Å². The molecule has 100 valence electrons. The Morgan fingerprint density at radius 1 is 1.61 bits per heavy atom. The number of aromatic amines is 1. The standard InChI is InChI=1S/C11H17N3O3S/c1-3-14(9-4-5-18(16,17)7-9)11(15)10-6-8(2)12-13-10/h6,9H,3-5,7H2,1-2H3,(H,12,13). The Morgan fingerprint density at radius 2 is 2.33 bits per heavy atom. The van der Waals surface area contributed by atoms with Gasteiger partial charge in [0.05, 0.1) is 11.5 Å². The first kappa shape index (κ1) is 13.1. The van der Waals surface area contributed by atoms with Gasteiger partial charge in [-0.25, -0.2) is 8.42 Å². The van der Waals surface area contributed by atoms with Gasteiger partial charge >= 0.3 is 0 Å². The Kier molecular flexibility index (Phi) is 3.43. The summed E-state index contributed by atoms with van der Waals surface area (Å²) >= 11 is 0. The summed E-state index contributed by atoms with van der Waals surface area (Å²) in [5.74, 6) is 0.0285. The predicted octanol–water partition coefficient (Wildman–Crippen LogP) is 0.367. The largest absolute Gasteiger partial charge is 0.333 e. The van der Waals surface area contributed by atoms with E-state index in [1.165, 1.54) is 0 Å². The Bertz CT molecular complexity index is 550. The van der Waals surface area contributed by atoms with Crippen molar-refractivity contribution in [3.8, 4) is 0 Å². The van der Waals surface area contributed by atoms with E-state index in [1.54, 1.807) is 11.0 Å². The molecule has 1 atom stereocenters. The molecule has 0 aromatic carbocycles. The first-order chi connectivity index (χ1) is 8.43. The topological polar surface area (TPSA) is 83.1 Å². The predicted molar refractivity (Wildman–Crippen MR) is 67.1 cm³/mol. The van der Waals surface area contributed by atoms with Gasteiger partial charge in [0.25, 0.3) is 5.91 Å². The number of sulfone groups is 1. The highest BCUT2D eigenvalue weighted by Gasteiger charge is 2.34. The maximum absolute atomic E-state index is 12.2. The fourth-order valence-electron chi connectivity index (χ4n) is 2.26. The number of rotatable bonds is 3. The summed E-state index contributed by atoms with van der Waals surface area (Å²) in [4.78, 5) is 13.8. The van der Waals surface area contributed by atoms with E-state index in [-0.39, 0.29) is 23.5 Å². The maximum Gasteiger partial charge on any atom is 0.274 e. The molecule has 7 heteroatoms. The van der Waals surface area contributed by atoms with Crippen LogP contribution in [-0.4, -0.2) is 53.5 Å². The summed E-state index contributed by atoms with van der Waals surface area (Å²) in [5.41, 5.74) is 1.16. The molecule has 0 bridgehead atoms. The SMILES string of the molecule is CCN(C(=O)c1cc(C)[nH]n1)C1CCS(=O)(=O)C1. The van der Waals surface area contributed by atoms with Crippen LogP contribution in [-0.2, 0) is 9.84 Å². The Morgan fingerprint density at radius 3 is 2.78 bits per heavy atom. The first-order valence-electron chi connectivity index (χ1n) is 5.96. The molecule has 2 rings (SSSR count). The number of H-pyrrole nitrogens is 1. The Hall–Kier alpha value is -1.37. The summed E-state index contributed by atoms with van der Waals surface area (Å²) in [5, 5.41) is 6.65. The molecule has 0 spiro atoms. The highest BCUT2D eigenvalue weighted by molar-refractivity contribution is 7.91. The summed E-state index contributed by atoms with van der Waals surface area (Å²) in [6, 6.07) is 1.46. The lowest BCUT2D eigenvalue weighted by Gasteiger charge is -2.25. The quantitative estimate of drug-likeness (QED) is 0.860. The molecule has 0 aliphatic carbocycles. The average Bonchev–Trinajstić information content (AvgIpc) is 2.86. The van der Waals surface area contributed by atoms with Crippen molar-refractivity contribution in [2.75, 3.05) is 18.1 Å². The smallest absolute Gasteiger partial charge is 0.274 e. The minimum Gasteiger partial charge on any atom is -0.333 e. The number of aromatic nitrogens is 2. The second-order valence-electron chi connectivity index (χ2n) is 4.58. The van der Waals surface area contributed by atoms with E-state index in [9.17, 15) is 13.2 Å². The molecule has 1 aromatic rings. The number of nitrogens with one attached hydrogen (secondary N) is 1. The molecule has 1 aromatic heterocycles. The van der Waals surface area contributed by atoms with Crippen LogP contribution in [0.4, 0.5) is 0 Å². The molecule has 1 fully saturated rings. The highest BCUT2D eigenvalue weighted by Crippen LogP contribution is 2.19. The van der Waals surface area contributed by atoms with Gasteiger partial charge in [0, 0.05) is 18.3 Å². The minimum absolute atomic E-state index is 0.0655. The van der Waals surface area contributed by atoms with E-state index in [0.29, 0.717) is 18.7 Å². The second-order valence-corrected chi connectivity index (χ2v) is 6.81. The second kappa shape index (κ2) is 4.72. The molecule has 1 aliphatic rings. The van der Waals surface area contributed by atoms with Crippen molar-refractivity contribution >= 4 is 15.7 Å². The summed E-state index contributed by atoms with van der Waals surface area (Å²) in [6.07, 6.45) is 0.519. The normalized spacial score (nSPS) is 22.0. The van der Waals surface area contributed by atoms with Crippen molar-refractivity contribution in [3.05, 3.63) is 17.5 Å². The first-order valence-corrected chi connectivity index (χ1v) is 7.78. The van der Waals surface area contributed by atoms with E-state index >= 15 is 0 Å². The third-order valence-corrected chi connectivity index (χ3v) is 4.93. The number of hydrogen-bond donors (Lipinski definition) is 1. The monoisotopic (exact) mass is 271 g/mol. The van der Waals surface area contributed by atoms with Gasteiger partial charge in [-0.3, -0.25) is 9.89 Å². The lowest BCUT2D eigenvalue weighted by atomic mass is 10.2. The number of carbonyl (C=O) groups excluding carboxylic acids is 1. The molecule has 0 radical (unpaired) electrons. The van der Waals surface area contributed by atoms with Crippen LogP contribution >= 0.6 is 0 Å². The third-order valence-electron chi connectivity index (χ3n) is 3.18. The van der Waals surface area contributed by atoms with Crippen molar-refractivity contribution < 1.29 is 13.2 Å². The zero-order chi connectivity index (χ0) is 13.3. The number of carbonyl (C=O) groups is 1. The van der Waals surface area contributed by atoms with Crippen LogP contribution in [0.2, 0.25) is 0 Å². The number of aryl methyl sites for hydroxylation is 1. The van der Waals surface area contributed by atoms with Gasteiger partial charge in [-0.2, -0.15) is 5.10 Å². The number of hydrogen-bond acceptors (Lipinski definition) is 4. The van der Waals surface area contributed by atoms with Gasteiger partial charge in [-0.05, 0) is 26.3 Å². The molecule has 1 amide bonds. The van der Waals surface area contributed by atoms with Crippen molar-refractivity contribution in [1.82, 2.24) is 15.1 Å². The molecule has 1 aliphatic heterocycles. The molecule has 18 heavy (non-hydrogen) atoms. The maximum atomic E-state index is 12.2. The summed E-state index contributed by atoms with van der Waals surface area (Å²) in [7, 11) is -2.98. The molecular formula is C11H17N3O3S. The van der Waals surface area contributed by atoms with Crippen LogP contribution < -0.4 is 0 Å². The number of amides is 1. The van der Waals surface area contributed by atoms with E-state index in [0.717, 1.165) is 5.69 Å². The van der Waals surface area contributed by atoms with E-state index < -0.39 is 9.84 Å². The molecule has 1 saturated heterocycles. The molecule has 1 unspecified atom stereocenters. The van der Waals surface area contributed by atoms with Crippen LogP contribution in [0.1, 0.15) is 29.5 Å². The molecule has 0 saturated carbocycles. The summed E-state index contributed by atoms with van der Waals surface area (Å²) < 4.78 is 22.9. The van der Waals surface area contributed by atoms with Crippen LogP contribution in [0.3, 0.4) is 0 Å². The lowest BCUT2D eigenvalue weighted by Crippen LogP contribution is -2.41. The fraction of sp³-hybridized carbons (Fsp3) is 0.636. The summed E-state index contributed by atoms with van der Waals surface area (Å²) in [6.45, 7) is 4.16. The van der Waals surface area contributed by atoms with Gasteiger partial charge in [0.1, 0.15) is 5.69 Å². The number of nitrogens with zero attached hydrogens (tertiary/aromatic N) is 2. The van der Waals surface area contributed by atoms with Crippen LogP contribution in [0.5, 0.6) is 0 Å². The molecular weight excluding hydrogens is 254 g/mol. The highest BCUT2D eigenvalue weighted by atomic mass is 32.2. The van der Waals surface area contributed by atoms with Crippen molar-refractivity contribution in [3.63, 3.8) is 0 Å². The molecule has 6 nitrogen and oxygen atoms in total. The van der Waals surface area contributed by atoms with Crippen LogP contribution in [0, 0.1) is 6.92 Å². The van der Waals surface area contributed by atoms with E-state index in [4.69, 9.17) is 0 Å². The molecule has 1 N–H and O–H groups in total. The van der Waals surface area contributed by atoms with Gasteiger partial charge < -0.3 is 4.90 Å². The Balaban J connectivity index is 2.17. The van der Waals surface area contributed by atoms with E-state index in [2.05, 4.69) is 10.2 Å². The zero-order valence-electron chi connectivity index (χ0n) is 10.5. The zero-order valence-corrected chi connectivity index (χ0v) is 11.3. The Labute approximate surface area is 106 Å². The van der Waals surface area contributed by atoms with Gasteiger partial charge in [-0.1, -0.05) is 0 Å². The third kappa shape index (κ3) is 2.55. The van der Waals surface area contributed by atoms with Crippen molar-refractivity contribution in [2.45, 2.75) is 26.3 Å². The van der Waals surface area contributed by atoms with Crippen molar-refractivity contribution in [1.29, 1.82) is 0 Å². The van der Waals surface area contributed by atoms with Crippen LogP contribution in [0.15, 0.2) is 6.07 Å².